The number of rotatable bonds is 10. The van der Waals surface area contributed by atoms with E-state index in [9.17, 15) is 0 Å². The van der Waals surface area contributed by atoms with Gasteiger partial charge in [-0.25, -0.2) is 0 Å². The summed E-state index contributed by atoms with van der Waals surface area (Å²) in [6.45, 7) is 7.57. The van der Waals surface area contributed by atoms with Crippen LogP contribution in [0, 0.1) is 11.3 Å². The first kappa shape index (κ1) is 17.5. The first-order valence-corrected chi connectivity index (χ1v) is 7.61. The minimum Gasteiger partial charge on any atom is -0.492 e. The summed E-state index contributed by atoms with van der Waals surface area (Å²) >= 11 is 0. The smallest absolute Gasteiger partial charge is 0.120 e. The fraction of sp³-hybridized carbons (Fsp3) is 0.588. The number of nitriles is 1. The zero-order chi connectivity index (χ0) is 15.5. The largest absolute Gasteiger partial charge is 0.492 e. The van der Waals surface area contributed by atoms with Gasteiger partial charge in [0.1, 0.15) is 12.4 Å². The summed E-state index contributed by atoms with van der Waals surface area (Å²) in [7, 11) is 1.73. The van der Waals surface area contributed by atoms with Crippen molar-refractivity contribution in [1.82, 2.24) is 4.90 Å². The lowest BCUT2D eigenvalue weighted by Gasteiger charge is -2.30. The summed E-state index contributed by atoms with van der Waals surface area (Å²) in [4.78, 5) is 2.41. The maximum Gasteiger partial charge on any atom is 0.120 e. The molecule has 0 fully saturated rings. The van der Waals surface area contributed by atoms with Crippen LogP contribution < -0.4 is 4.74 Å². The van der Waals surface area contributed by atoms with Crippen LogP contribution in [0.3, 0.4) is 0 Å². The second-order valence-electron chi connectivity index (χ2n) is 4.99. The minimum atomic E-state index is 0.564. The lowest BCUT2D eigenvalue weighted by atomic mass is 10.1. The molecule has 0 amide bonds. The number of benzene rings is 1. The first-order chi connectivity index (χ1) is 10.2. The first-order valence-electron chi connectivity index (χ1n) is 7.61. The molecule has 0 spiro atoms. The van der Waals surface area contributed by atoms with Crippen LogP contribution in [0.25, 0.3) is 0 Å². The molecule has 0 N–H and O–H groups in total. The van der Waals surface area contributed by atoms with Gasteiger partial charge in [-0.15, -0.1) is 0 Å². The van der Waals surface area contributed by atoms with Crippen molar-refractivity contribution in [3.63, 3.8) is 0 Å². The van der Waals surface area contributed by atoms with Gasteiger partial charge in [0, 0.05) is 26.2 Å². The molecule has 21 heavy (non-hydrogen) atoms. The van der Waals surface area contributed by atoms with Crippen molar-refractivity contribution in [2.45, 2.75) is 32.7 Å². The predicted octanol–water partition coefficient (Wildman–Crippen LogP) is 3.07. The third-order valence-electron chi connectivity index (χ3n) is 3.65. The summed E-state index contributed by atoms with van der Waals surface area (Å²) in [6.07, 6.45) is 2.26. The second-order valence-corrected chi connectivity index (χ2v) is 4.99. The predicted molar refractivity (Wildman–Crippen MR) is 84.5 cm³/mol. The average Bonchev–Trinajstić information content (AvgIpc) is 2.53. The highest BCUT2D eigenvalue weighted by molar-refractivity contribution is 5.36. The highest BCUT2D eigenvalue weighted by Gasteiger charge is 2.14. The van der Waals surface area contributed by atoms with Crippen molar-refractivity contribution in [3.05, 3.63) is 29.8 Å². The lowest BCUT2D eigenvalue weighted by Crippen LogP contribution is -2.39. The zero-order valence-electron chi connectivity index (χ0n) is 13.3. The second kappa shape index (κ2) is 10.2. The van der Waals surface area contributed by atoms with E-state index in [0.717, 1.165) is 38.3 Å². The third-order valence-corrected chi connectivity index (χ3v) is 3.65. The molecule has 0 saturated carbocycles. The van der Waals surface area contributed by atoms with Crippen molar-refractivity contribution < 1.29 is 9.47 Å². The van der Waals surface area contributed by atoms with E-state index in [-0.39, 0.29) is 0 Å². The Morgan fingerprint density at radius 1 is 1.19 bits per heavy atom. The zero-order valence-corrected chi connectivity index (χ0v) is 13.3. The Kier molecular flexibility index (Phi) is 8.49. The lowest BCUT2D eigenvalue weighted by molar-refractivity contribution is 0.101. The van der Waals surface area contributed by atoms with Crippen molar-refractivity contribution in [2.75, 3.05) is 33.4 Å². The third kappa shape index (κ3) is 6.16. The molecule has 0 atom stereocenters. The van der Waals surface area contributed by atoms with E-state index < -0.39 is 0 Å². The van der Waals surface area contributed by atoms with Crippen molar-refractivity contribution in [3.8, 4) is 11.8 Å². The highest BCUT2D eigenvalue weighted by atomic mass is 16.5. The fourth-order valence-electron chi connectivity index (χ4n) is 2.43. The van der Waals surface area contributed by atoms with Gasteiger partial charge in [-0.05, 0) is 31.0 Å². The number of ether oxygens (including phenoxy) is 2. The molecule has 1 aromatic carbocycles. The van der Waals surface area contributed by atoms with Crippen molar-refractivity contribution in [1.29, 1.82) is 5.26 Å². The highest BCUT2D eigenvalue weighted by Crippen LogP contribution is 2.13. The molecule has 1 rings (SSSR count). The van der Waals surface area contributed by atoms with E-state index in [4.69, 9.17) is 14.7 Å². The average molecular weight is 290 g/mol. The molecule has 0 aliphatic rings. The van der Waals surface area contributed by atoms with Gasteiger partial charge in [0.15, 0.2) is 0 Å². The van der Waals surface area contributed by atoms with Gasteiger partial charge < -0.3 is 9.47 Å². The van der Waals surface area contributed by atoms with Crippen molar-refractivity contribution in [2.24, 2.45) is 0 Å². The number of methoxy groups -OCH3 is 1. The van der Waals surface area contributed by atoms with Crippen LogP contribution in [0.1, 0.15) is 32.3 Å². The van der Waals surface area contributed by atoms with Crippen LogP contribution in [0.4, 0.5) is 0 Å². The monoisotopic (exact) mass is 290 g/mol. The molecule has 0 radical (unpaired) electrons. The van der Waals surface area contributed by atoms with Crippen LogP contribution in [-0.4, -0.2) is 44.4 Å². The van der Waals surface area contributed by atoms with Gasteiger partial charge >= 0.3 is 0 Å². The molecule has 4 heteroatoms. The summed E-state index contributed by atoms with van der Waals surface area (Å²) in [6, 6.07) is 9.97. The van der Waals surface area contributed by atoms with E-state index in [0.29, 0.717) is 18.2 Å². The van der Waals surface area contributed by atoms with E-state index >= 15 is 0 Å². The molecule has 0 aliphatic heterocycles. The number of nitrogens with zero attached hydrogens (tertiary/aromatic N) is 2. The molecule has 116 valence electrons. The van der Waals surface area contributed by atoms with E-state index in [2.05, 4.69) is 24.8 Å². The summed E-state index contributed by atoms with van der Waals surface area (Å²) in [5, 5.41) is 8.88. The maximum absolute atomic E-state index is 8.88. The Labute approximate surface area is 128 Å². The van der Waals surface area contributed by atoms with Gasteiger partial charge in [-0.3, -0.25) is 4.90 Å². The summed E-state index contributed by atoms with van der Waals surface area (Å²) in [5.41, 5.74) is 0.628. The van der Waals surface area contributed by atoms with Gasteiger partial charge in [0.2, 0.25) is 0 Å². The van der Waals surface area contributed by atoms with Crippen LogP contribution in [-0.2, 0) is 4.74 Å². The summed E-state index contributed by atoms with van der Waals surface area (Å²) in [5.74, 6) is 0.755. The van der Waals surface area contributed by atoms with E-state index in [1.54, 1.807) is 19.2 Å². The minimum absolute atomic E-state index is 0.564. The van der Waals surface area contributed by atoms with Crippen LogP contribution >= 0.6 is 0 Å². The maximum atomic E-state index is 8.88. The Hall–Kier alpha value is -1.57. The van der Waals surface area contributed by atoms with Crippen LogP contribution in [0.15, 0.2) is 24.3 Å². The van der Waals surface area contributed by atoms with Crippen LogP contribution in [0.5, 0.6) is 5.75 Å². The molecular formula is C17H26N2O2. The van der Waals surface area contributed by atoms with Gasteiger partial charge in [-0.1, -0.05) is 19.9 Å². The molecular weight excluding hydrogens is 264 g/mol. The molecule has 0 unspecified atom stereocenters. The Morgan fingerprint density at radius 2 is 1.90 bits per heavy atom. The Morgan fingerprint density at radius 3 is 2.52 bits per heavy atom. The fourth-order valence-corrected chi connectivity index (χ4v) is 2.43. The number of hydrogen-bond donors (Lipinski definition) is 0. The molecule has 0 aliphatic carbocycles. The van der Waals surface area contributed by atoms with Gasteiger partial charge in [0.05, 0.1) is 18.2 Å². The van der Waals surface area contributed by atoms with Gasteiger partial charge in [-0.2, -0.15) is 5.26 Å². The van der Waals surface area contributed by atoms with Crippen LogP contribution in [0.2, 0.25) is 0 Å². The Bertz CT molecular complexity index is 439. The quantitative estimate of drug-likeness (QED) is 0.664. The summed E-state index contributed by atoms with van der Waals surface area (Å²) < 4.78 is 11.0. The molecule has 0 aromatic heterocycles. The SMILES string of the molecule is CCC(CC)N(CCOC)CCOc1cccc(C#N)c1. The number of hydrogen-bond acceptors (Lipinski definition) is 4. The van der Waals surface area contributed by atoms with Crippen molar-refractivity contribution >= 4 is 0 Å². The standard InChI is InChI=1S/C17H26N2O2/c1-4-16(5-2)19(9-11-20-3)10-12-21-17-8-6-7-15(13-17)14-18/h6-8,13,16H,4-5,9-12H2,1-3H3. The molecule has 4 nitrogen and oxygen atoms in total. The molecule has 0 bridgehead atoms. The topological polar surface area (TPSA) is 45.5 Å². The van der Waals surface area contributed by atoms with E-state index in [1.807, 2.05) is 12.1 Å². The molecule has 0 heterocycles. The Balaban J connectivity index is 2.50. The van der Waals surface area contributed by atoms with E-state index in [1.165, 1.54) is 0 Å². The molecule has 1 aromatic rings. The normalized spacial score (nSPS) is 10.9. The van der Waals surface area contributed by atoms with Gasteiger partial charge in [0.25, 0.3) is 0 Å². The molecule has 0 saturated heterocycles.